The molecule has 0 bridgehead atoms. The van der Waals surface area contributed by atoms with Crippen molar-refractivity contribution >= 4 is 11.8 Å². The molecule has 0 heterocycles. The van der Waals surface area contributed by atoms with Crippen LogP contribution in [0.25, 0.3) is 5.57 Å². The Balaban J connectivity index is 3.10. The zero-order valence-corrected chi connectivity index (χ0v) is 6.84. The van der Waals surface area contributed by atoms with Gasteiger partial charge in [0.25, 0.3) is 0 Å². The second-order valence-corrected chi connectivity index (χ2v) is 2.40. The minimum atomic E-state index is -0.270. The molecule has 1 aromatic carbocycles. The van der Waals surface area contributed by atoms with Gasteiger partial charge in [-0.25, -0.2) is 4.39 Å². The molecule has 1 rings (SSSR count). The van der Waals surface area contributed by atoms with Crippen molar-refractivity contribution in [2.24, 2.45) is 0 Å². The van der Waals surface area contributed by atoms with E-state index in [-0.39, 0.29) is 5.82 Å². The summed E-state index contributed by atoms with van der Waals surface area (Å²) >= 11 is 0. The van der Waals surface area contributed by atoms with Crippen LogP contribution >= 0.6 is 0 Å². The van der Waals surface area contributed by atoms with E-state index < -0.39 is 0 Å². The van der Waals surface area contributed by atoms with E-state index in [0.29, 0.717) is 0 Å². The van der Waals surface area contributed by atoms with E-state index in [0.717, 1.165) is 11.1 Å². The van der Waals surface area contributed by atoms with E-state index in [1.807, 2.05) is 6.92 Å². The van der Waals surface area contributed by atoms with Crippen LogP contribution in [0.2, 0.25) is 0 Å². The van der Waals surface area contributed by atoms with Gasteiger partial charge in [0.1, 0.15) is 5.82 Å². The summed E-state index contributed by atoms with van der Waals surface area (Å²) in [6.07, 6.45) is 3.00. The Kier molecular flexibility index (Phi) is 2.75. The molecule has 1 nitrogen and oxygen atoms in total. The number of nitrogens with one attached hydrogen (secondary N) is 1. The molecule has 1 N–H and O–H groups in total. The Bertz CT molecular complexity index is 315. The van der Waals surface area contributed by atoms with E-state index in [9.17, 15) is 4.39 Å². The lowest BCUT2D eigenvalue weighted by Crippen LogP contribution is -1.85. The van der Waals surface area contributed by atoms with Gasteiger partial charge in [0.2, 0.25) is 0 Å². The molecule has 0 aliphatic heterocycles. The Morgan fingerprint density at radius 1 is 1.50 bits per heavy atom. The fourth-order valence-corrected chi connectivity index (χ4v) is 1.00. The quantitative estimate of drug-likeness (QED) is 0.648. The van der Waals surface area contributed by atoms with Gasteiger partial charge in [-0.3, -0.25) is 0 Å². The lowest BCUT2D eigenvalue weighted by molar-refractivity contribution is 0.627. The molecule has 0 amide bonds. The van der Waals surface area contributed by atoms with Crippen molar-refractivity contribution in [2.45, 2.75) is 6.92 Å². The maximum atomic E-state index is 12.7. The summed E-state index contributed by atoms with van der Waals surface area (Å²) in [5, 5.41) is 7.05. The minimum absolute atomic E-state index is 0.270. The highest BCUT2D eigenvalue weighted by Crippen LogP contribution is 2.12. The van der Waals surface area contributed by atoms with Gasteiger partial charge in [-0.05, 0) is 30.2 Å². The Labute approximate surface area is 71.1 Å². The largest absolute Gasteiger partial charge is 0.308 e. The van der Waals surface area contributed by atoms with Gasteiger partial charge in [-0.2, -0.15) is 0 Å². The predicted molar refractivity (Wildman–Crippen MR) is 48.8 cm³/mol. The fraction of sp³-hybridized carbons (Fsp3) is 0.100. The smallest absolute Gasteiger partial charge is 0.123 e. The van der Waals surface area contributed by atoms with Gasteiger partial charge in [0.05, 0.1) is 0 Å². The molecule has 0 aliphatic rings. The first-order chi connectivity index (χ1) is 5.77. The fourth-order valence-electron chi connectivity index (χ4n) is 1.00. The molecule has 62 valence electrons. The normalized spacial score (nSPS) is 11.3. The van der Waals surface area contributed by atoms with E-state index >= 15 is 0 Å². The van der Waals surface area contributed by atoms with Crippen LogP contribution in [0, 0.1) is 11.2 Å². The summed E-state index contributed by atoms with van der Waals surface area (Å²) < 4.78 is 12.7. The first-order valence-electron chi connectivity index (χ1n) is 3.70. The first kappa shape index (κ1) is 8.65. The minimum Gasteiger partial charge on any atom is -0.308 e. The van der Waals surface area contributed by atoms with Crippen molar-refractivity contribution in [1.82, 2.24) is 0 Å². The molecule has 0 saturated carbocycles. The molecule has 0 aliphatic carbocycles. The van der Waals surface area contributed by atoms with Crippen molar-refractivity contribution in [3.05, 3.63) is 41.7 Å². The van der Waals surface area contributed by atoms with Crippen LogP contribution in [0.4, 0.5) is 4.39 Å². The second-order valence-electron chi connectivity index (χ2n) is 2.40. The topological polar surface area (TPSA) is 23.9 Å². The van der Waals surface area contributed by atoms with E-state index in [2.05, 4.69) is 0 Å². The zero-order chi connectivity index (χ0) is 8.97. The van der Waals surface area contributed by atoms with Gasteiger partial charge in [-0.15, -0.1) is 0 Å². The summed E-state index contributed by atoms with van der Waals surface area (Å²) in [6, 6.07) is 6.22. The van der Waals surface area contributed by atoms with Crippen molar-refractivity contribution in [2.75, 3.05) is 0 Å². The third-order valence-corrected chi connectivity index (χ3v) is 1.62. The van der Waals surface area contributed by atoms with Crippen LogP contribution in [-0.4, -0.2) is 6.21 Å². The average molecular weight is 163 g/mol. The Morgan fingerprint density at radius 2 is 2.25 bits per heavy atom. The molecule has 0 atom stereocenters. The SMILES string of the molecule is C/C=C(\C=N)c1cccc(F)c1. The highest BCUT2D eigenvalue weighted by atomic mass is 19.1. The number of benzene rings is 1. The number of rotatable bonds is 2. The summed E-state index contributed by atoms with van der Waals surface area (Å²) in [5.74, 6) is -0.270. The van der Waals surface area contributed by atoms with Crippen LogP contribution in [0.1, 0.15) is 12.5 Å². The molecule has 0 aromatic heterocycles. The predicted octanol–water partition coefficient (Wildman–Crippen LogP) is 2.88. The zero-order valence-electron chi connectivity index (χ0n) is 6.84. The van der Waals surface area contributed by atoms with E-state index in [1.54, 1.807) is 18.2 Å². The summed E-state index contributed by atoms with van der Waals surface area (Å²) in [5.41, 5.74) is 1.47. The van der Waals surface area contributed by atoms with Crippen LogP contribution in [0.15, 0.2) is 30.3 Å². The Morgan fingerprint density at radius 3 is 2.75 bits per heavy atom. The van der Waals surface area contributed by atoms with E-state index in [1.165, 1.54) is 18.3 Å². The molecule has 0 unspecified atom stereocenters. The highest BCUT2D eigenvalue weighted by Gasteiger charge is 1.97. The molecule has 2 heteroatoms. The van der Waals surface area contributed by atoms with Crippen LogP contribution < -0.4 is 0 Å². The molecular formula is C10H10FN. The molecular weight excluding hydrogens is 153 g/mol. The van der Waals surface area contributed by atoms with Gasteiger partial charge in [0.15, 0.2) is 0 Å². The summed E-state index contributed by atoms with van der Waals surface area (Å²) in [7, 11) is 0. The Hall–Kier alpha value is -1.44. The van der Waals surface area contributed by atoms with Gasteiger partial charge in [0, 0.05) is 6.21 Å². The average Bonchev–Trinajstić information content (AvgIpc) is 2.07. The third kappa shape index (κ3) is 1.78. The maximum absolute atomic E-state index is 12.7. The van der Waals surface area contributed by atoms with Crippen LogP contribution in [-0.2, 0) is 0 Å². The van der Waals surface area contributed by atoms with Gasteiger partial charge in [-0.1, -0.05) is 18.2 Å². The lowest BCUT2D eigenvalue weighted by atomic mass is 10.1. The molecule has 0 saturated heterocycles. The van der Waals surface area contributed by atoms with Crippen molar-refractivity contribution in [1.29, 1.82) is 5.41 Å². The van der Waals surface area contributed by atoms with Gasteiger partial charge < -0.3 is 5.41 Å². The van der Waals surface area contributed by atoms with Crippen LogP contribution in [0.3, 0.4) is 0 Å². The monoisotopic (exact) mass is 163 g/mol. The molecule has 1 aromatic rings. The maximum Gasteiger partial charge on any atom is 0.123 e. The van der Waals surface area contributed by atoms with Crippen LogP contribution in [0.5, 0.6) is 0 Å². The van der Waals surface area contributed by atoms with Crippen molar-refractivity contribution < 1.29 is 4.39 Å². The van der Waals surface area contributed by atoms with Crippen molar-refractivity contribution in [3.8, 4) is 0 Å². The summed E-state index contributed by atoms with van der Waals surface area (Å²) in [6.45, 7) is 1.82. The summed E-state index contributed by atoms with van der Waals surface area (Å²) in [4.78, 5) is 0. The van der Waals surface area contributed by atoms with Gasteiger partial charge >= 0.3 is 0 Å². The standard InChI is InChI=1S/C10H10FN/c1-2-8(7-12)9-4-3-5-10(11)6-9/h2-7,12H,1H3/b8-2+,12-7?. The molecule has 0 radical (unpaired) electrons. The second kappa shape index (κ2) is 3.81. The molecule has 0 fully saturated rings. The number of hydrogen-bond acceptors (Lipinski definition) is 1. The number of halogens is 1. The highest BCUT2D eigenvalue weighted by molar-refractivity contribution is 6.08. The van der Waals surface area contributed by atoms with Crippen molar-refractivity contribution in [3.63, 3.8) is 0 Å². The molecule has 12 heavy (non-hydrogen) atoms. The van der Waals surface area contributed by atoms with E-state index in [4.69, 9.17) is 5.41 Å². The lowest BCUT2D eigenvalue weighted by Gasteiger charge is -1.99. The number of hydrogen-bond donors (Lipinski definition) is 1. The first-order valence-corrected chi connectivity index (χ1v) is 3.70. The number of allylic oxidation sites excluding steroid dienone is 2. The third-order valence-electron chi connectivity index (χ3n) is 1.62. The molecule has 0 spiro atoms.